The summed E-state index contributed by atoms with van der Waals surface area (Å²) in [4.78, 5) is 8.78. The minimum atomic E-state index is 0.225. The molecular weight excluding hydrogens is 256 g/mol. The fourth-order valence-electron chi connectivity index (χ4n) is 1.82. The van der Waals surface area contributed by atoms with E-state index < -0.39 is 0 Å². The topological polar surface area (TPSA) is 102 Å². The highest BCUT2D eigenvalue weighted by Gasteiger charge is 2.11. The maximum Gasteiger partial charge on any atom is 0.145 e. The third kappa shape index (κ3) is 3.05. The lowest BCUT2D eigenvalue weighted by atomic mass is 10.2. The van der Waals surface area contributed by atoms with Crippen LogP contribution in [0.2, 0.25) is 0 Å². The predicted octanol–water partition coefficient (Wildman–Crippen LogP) is 2.10. The monoisotopic (exact) mass is 276 g/mol. The van der Waals surface area contributed by atoms with Gasteiger partial charge in [0.15, 0.2) is 0 Å². The largest absolute Gasteiger partial charge is 0.366 e. The molecule has 0 fully saturated rings. The second kappa shape index (κ2) is 5.87. The van der Waals surface area contributed by atoms with Crippen LogP contribution in [0.3, 0.4) is 0 Å². The minimum Gasteiger partial charge on any atom is -0.366 e. The summed E-state index contributed by atoms with van der Waals surface area (Å²) >= 11 is 0. The van der Waals surface area contributed by atoms with Crippen molar-refractivity contribution in [2.45, 2.75) is 40.2 Å². The van der Waals surface area contributed by atoms with E-state index in [4.69, 9.17) is 10.4 Å². The Bertz CT molecular complexity index is 573. The van der Waals surface area contributed by atoms with E-state index >= 15 is 0 Å². The van der Waals surface area contributed by atoms with Crippen molar-refractivity contribution in [3.63, 3.8) is 0 Å². The Morgan fingerprint density at radius 2 is 1.95 bits per heavy atom. The van der Waals surface area contributed by atoms with Gasteiger partial charge in [0, 0.05) is 24.1 Å². The van der Waals surface area contributed by atoms with Gasteiger partial charge in [-0.15, -0.1) is 0 Å². The van der Waals surface area contributed by atoms with E-state index in [-0.39, 0.29) is 5.92 Å². The van der Waals surface area contributed by atoms with Gasteiger partial charge in [-0.25, -0.2) is 15.8 Å². The molecule has 0 saturated heterocycles. The van der Waals surface area contributed by atoms with Crippen molar-refractivity contribution < 1.29 is 4.52 Å². The van der Waals surface area contributed by atoms with E-state index in [0.29, 0.717) is 12.4 Å². The highest BCUT2D eigenvalue weighted by Crippen LogP contribution is 2.18. The average molecular weight is 276 g/mol. The first-order valence-corrected chi connectivity index (χ1v) is 6.52. The van der Waals surface area contributed by atoms with Crippen LogP contribution in [-0.4, -0.2) is 15.1 Å². The number of hydrazine groups is 1. The van der Waals surface area contributed by atoms with Gasteiger partial charge in [0.1, 0.15) is 23.2 Å². The molecule has 2 heterocycles. The molecule has 7 heteroatoms. The van der Waals surface area contributed by atoms with Crippen LogP contribution in [-0.2, 0) is 6.54 Å². The van der Waals surface area contributed by atoms with Gasteiger partial charge in [0.25, 0.3) is 0 Å². The Morgan fingerprint density at radius 3 is 2.50 bits per heavy atom. The standard InChI is InChI=1S/C13H20N6O/c1-7(2)13-16-11(5-12(17-13)18-14)15-6-10-8(3)19-20-9(10)4/h5,7H,6,14H2,1-4H3,(H2,15,16,17,18). The molecule has 7 nitrogen and oxygen atoms in total. The molecule has 0 bridgehead atoms. The number of anilines is 2. The van der Waals surface area contributed by atoms with Crippen LogP contribution < -0.4 is 16.6 Å². The molecule has 0 amide bonds. The Hall–Kier alpha value is -2.15. The van der Waals surface area contributed by atoms with Gasteiger partial charge in [-0.3, -0.25) is 0 Å². The van der Waals surface area contributed by atoms with Crippen LogP contribution in [0.25, 0.3) is 0 Å². The van der Waals surface area contributed by atoms with Crippen LogP contribution in [0, 0.1) is 13.8 Å². The van der Waals surface area contributed by atoms with E-state index in [1.54, 1.807) is 6.07 Å². The summed E-state index contributed by atoms with van der Waals surface area (Å²) in [5.41, 5.74) is 4.48. The smallest absolute Gasteiger partial charge is 0.145 e. The van der Waals surface area contributed by atoms with Crippen molar-refractivity contribution >= 4 is 11.6 Å². The minimum absolute atomic E-state index is 0.225. The van der Waals surface area contributed by atoms with Gasteiger partial charge < -0.3 is 15.3 Å². The first-order chi connectivity index (χ1) is 9.51. The van der Waals surface area contributed by atoms with Crippen LogP contribution in [0.15, 0.2) is 10.6 Å². The third-order valence-electron chi connectivity index (χ3n) is 3.04. The van der Waals surface area contributed by atoms with E-state index in [1.165, 1.54) is 0 Å². The second-order valence-corrected chi connectivity index (χ2v) is 4.95. The van der Waals surface area contributed by atoms with Gasteiger partial charge in [-0.1, -0.05) is 19.0 Å². The summed E-state index contributed by atoms with van der Waals surface area (Å²) in [6.07, 6.45) is 0. The van der Waals surface area contributed by atoms with Gasteiger partial charge in [-0.05, 0) is 13.8 Å². The number of aryl methyl sites for hydroxylation is 2. The zero-order valence-electron chi connectivity index (χ0n) is 12.2. The number of nitrogens with two attached hydrogens (primary N) is 1. The second-order valence-electron chi connectivity index (χ2n) is 4.95. The number of hydrogen-bond acceptors (Lipinski definition) is 7. The van der Waals surface area contributed by atoms with Gasteiger partial charge >= 0.3 is 0 Å². The zero-order chi connectivity index (χ0) is 14.7. The Balaban J connectivity index is 2.19. The van der Waals surface area contributed by atoms with Gasteiger partial charge in [0.05, 0.1) is 5.69 Å². The lowest BCUT2D eigenvalue weighted by Gasteiger charge is -2.11. The average Bonchev–Trinajstić information content (AvgIpc) is 2.75. The molecule has 0 aliphatic heterocycles. The number of hydrogen-bond donors (Lipinski definition) is 3. The summed E-state index contributed by atoms with van der Waals surface area (Å²) in [5.74, 6) is 8.51. The number of nitrogen functional groups attached to an aromatic ring is 1. The summed E-state index contributed by atoms with van der Waals surface area (Å²) < 4.78 is 5.14. The van der Waals surface area contributed by atoms with E-state index in [0.717, 1.165) is 28.7 Å². The van der Waals surface area contributed by atoms with Crippen molar-refractivity contribution in [2.24, 2.45) is 5.84 Å². The summed E-state index contributed by atoms with van der Waals surface area (Å²) in [7, 11) is 0. The molecule has 0 unspecified atom stereocenters. The number of rotatable bonds is 5. The Morgan fingerprint density at radius 1 is 1.25 bits per heavy atom. The maximum atomic E-state index is 5.43. The molecule has 20 heavy (non-hydrogen) atoms. The van der Waals surface area contributed by atoms with E-state index in [9.17, 15) is 0 Å². The highest BCUT2D eigenvalue weighted by atomic mass is 16.5. The fraction of sp³-hybridized carbons (Fsp3) is 0.462. The maximum absolute atomic E-state index is 5.43. The molecule has 2 rings (SSSR count). The van der Waals surface area contributed by atoms with E-state index in [1.807, 2.05) is 27.7 Å². The van der Waals surface area contributed by atoms with Crippen LogP contribution in [0.1, 0.15) is 42.6 Å². The molecule has 2 aromatic heterocycles. The lowest BCUT2D eigenvalue weighted by molar-refractivity contribution is 0.392. The van der Waals surface area contributed by atoms with Crippen molar-refractivity contribution in [3.05, 3.63) is 28.9 Å². The molecular formula is C13H20N6O. The molecule has 0 aromatic carbocycles. The first-order valence-electron chi connectivity index (χ1n) is 6.52. The van der Waals surface area contributed by atoms with Gasteiger partial charge in [0.2, 0.25) is 0 Å². The summed E-state index contributed by atoms with van der Waals surface area (Å²) in [6, 6.07) is 1.77. The van der Waals surface area contributed by atoms with Crippen LogP contribution >= 0.6 is 0 Å². The van der Waals surface area contributed by atoms with Crippen molar-refractivity contribution in [1.29, 1.82) is 0 Å². The molecule has 0 aliphatic rings. The molecule has 0 saturated carbocycles. The molecule has 0 spiro atoms. The van der Waals surface area contributed by atoms with Crippen molar-refractivity contribution in [3.8, 4) is 0 Å². The SMILES string of the molecule is Cc1noc(C)c1CNc1cc(NN)nc(C(C)C)n1. The molecule has 4 N–H and O–H groups in total. The van der Waals surface area contributed by atoms with Crippen LogP contribution in [0.4, 0.5) is 11.6 Å². The number of nitrogens with one attached hydrogen (secondary N) is 2. The van der Waals surface area contributed by atoms with E-state index in [2.05, 4.69) is 25.9 Å². The van der Waals surface area contributed by atoms with Crippen LogP contribution in [0.5, 0.6) is 0 Å². The summed E-state index contributed by atoms with van der Waals surface area (Å²) in [6.45, 7) is 8.48. The van der Waals surface area contributed by atoms with Gasteiger partial charge in [-0.2, -0.15) is 0 Å². The molecule has 0 atom stereocenters. The molecule has 108 valence electrons. The molecule has 0 radical (unpaired) electrons. The molecule has 0 aliphatic carbocycles. The fourth-order valence-corrected chi connectivity index (χ4v) is 1.82. The Labute approximate surface area is 117 Å². The number of aromatic nitrogens is 3. The zero-order valence-corrected chi connectivity index (χ0v) is 12.2. The first kappa shape index (κ1) is 14.3. The Kier molecular flexibility index (Phi) is 4.19. The number of nitrogens with zero attached hydrogens (tertiary/aromatic N) is 3. The predicted molar refractivity (Wildman–Crippen MR) is 77.2 cm³/mol. The lowest BCUT2D eigenvalue weighted by Crippen LogP contribution is -2.13. The normalized spacial score (nSPS) is 10.9. The summed E-state index contributed by atoms with van der Waals surface area (Å²) in [5, 5.41) is 7.18. The van der Waals surface area contributed by atoms with Crippen molar-refractivity contribution in [2.75, 3.05) is 10.7 Å². The van der Waals surface area contributed by atoms with Crippen molar-refractivity contribution in [1.82, 2.24) is 15.1 Å². The molecule has 2 aromatic rings. The quantitative estimate of drug-likeness (QED) is 0.567. The third-order valence-corrected chi connectivity index (χ3v) is 3.04. The highest BCUT2D eigenvalue weighted by molar-refractivity contribution is 5.47.